The summed E-state index contributed by atoms with van der Waals surface area (Å²) in [6, 6.07) is 4.32. The Morgan fingerprint density at radius 3 is 2.15 bits per heavy atom. The molecule has 1 N–H and O–H groups in total. The molecule has 0 spiro atoms. The van der Waals surface area contributed by atoms with Gasteiger partial charge in [0.05, 0.1) is 5.75 Å². The quantitative estimate of drug-likeness (QED) is 0.841. The van der Waals surface area contributed by atoms with Gasteiger partial charge in [-0.2, -0.15) is 0 Å². The van der Waals surface area contributed by atoms with Crippen molar-refractivity contribution in [3.63, 3.8) is 0 Å². The molecule has 1 aromatic carbocycles. The maximum absolute atomic E-state index is 11.6. The first-order valence-electron chi connectivity index (χ1n) is 7.20. The lowest BCUT2D eigenvalue weighted by atomic mass is 9.95. The van der Waals surface area contributed by atoms with E-state index in [0.29, 0.717) is 0 Å². The molecule has 0 radical (unpaired) electrons. The molecule has 4 heteroatoms. The van der Waals surface area contributed by atoms with E-state index in [0.717, 1.165) is 19.4 Å². The van der Waals surface area contributed by atoms with Gasteiger partial charge in [0.1, 0.15) is 9.84 Å². The summed E-state index contributed by atoms with van der Waals surface area (Å²) >= 11 is 0. The third-order valence-electron chi connectivity index (χ3n) is 3.48. The van der Waals surface area contributed by atoms with Crippen LogP contribution in [-0.4, -0.2) is 33.0 Å². The molecular formula is C16H27NO2S. The fraction of sp³-hybridized carbons (Fsp3) is 0.625. The van der Waals surface area contributed by atoms with Gasteiger partial charge in [0.2, 0.25) is 0 Å². The van der Waals surface area contributed by atoms with Crippen molar-refractivity contribution in [1.82, 2.24) is 5.32 Å². The molecular weight excluding hydrogens is 270 g/mol. The molecule has 3 nitrogen and oxygen atoms in total. The van der Waals surface area contributed by atoms with E-state index in [1.165, 1.54) is 28.5 Å². The summed E-state index contributed by atoms with van der Waals surface area (Å²) in [7, 11) is -2.97. The normalized spacial score (nSPS) is 13.4. The summed E-state index contributed by atoms with van der Waals surface area (Å²) in [4.78, 5) is 0. The second-order valence-corrected chi connectivity index (χ2v) is 8.01. The van der Waals surface area contributed by atoms with Gasteiger partial charge in [-0.15, -0.1) is 0 Å². The van der Waals surface area contributed by atoms with Crippen LogP contribution in [0.4, 0.5) is 0 Å². The second-order valence-electron chi connectivity index (χ2n) is 5.82. The summed E-state index contributed by atoms with van der Waals surface area (Å²) < 4.78 is 23.2. The second kappa shape index (κ2) is 7.23. The smallest absolute Gasteiger partial charge is 0.148 e. The minimum absolute atomic E-state index is 0.00921. The molecule has 0 heterocycles. The molecule has 0 bridgehead atoms. The molecule has 0 fully saturated rings. The van der Waals surface area contributed by atoms with Crippen molar-refractivity contribution < 1.29 is 8.42 Å². The van der Waals surface area contributed by atoms with Crippen molar-refractivity contribution in [2.75, 3.05) is 18.6 Å². The zero-order chi connectivity index (χ0) is 15.3. The fourth-order valence-corrected chi connectivity index (χ4v) is 3.65. The Kier molecular flexibility index (Phi) is 6.21. The number of nitrogens with one attached hydrogen (secondary N) is 1. The number of hydrogen-bond donors (Lipinski definition) is 1. The van der Waals surface area contributed by atoms with E-state index in [-0.39, 0.29) is 11.8 Å². The molecule has 0 amide bonds. The highest BCUT2D eigenvalue weighted by Gasteiger charge is 2.17. The topological polar surface area (TPSA) is 46.2 Å². The van der Waals surface area contributed by atoms with Gasteiger partial charge in [-0.1, -0.05) is 24.6 Å². The standard InChI is InChI=1S/C16H27NO2S/c1-6-7-17-15(11-20(5,18)19)10-16-13(3)8-12(2)9-14(16)4/h8-9,15,17H,6-7,10-11H2,1-5H3. The molecule has 0 saturated carbocycles. The molecule has 1 unspecified atom stereocenters. The van der Waals surface area contributed by atoms with E-state index in [1.54, 1.807) is 0 Å². The summed E-state index contributed by atoms with van der Waals surface area (Å²) in [6.45, 7) is 9.24. The van der Waals surface area contributed by atoms with Crippen LogP contribution in [0, 0.1) is 20.8 Å². The van der Waals surface area contributed by atoms with Gasteiger partial charge >= 0.3 is 0 Å². The van der Waals surface area contributed by atoms with Crippen LogP contribution < -0.4 is 5.32 Å². The van der Waals surface area contributed by atoms with Crippen LogP contribution >= 0.6 is 0 Å². The highest BCUT2D eigenvalue weighted by Crippen LogP contribution is 2.18. The zero-order valence-corrected chi connectivity index (χ0v) is 14.1. The lowest BCUT2D eigenvalue weighted by Crippen LogP contribution is -2.38. The molecule has 0 aliphatic carbocycles. The van der Waals surface area contributed by atoms with Crippen molar-refractivity contribution >= 4 is 9.84 Å². The summed E-state index contributed by atoms with van der Waals surface area (Å²) in [6.07, 6.45) is 3.08. The fourth-order valence-electron chi connectivity index (χ4n) is 2.68. The number of aryl methyl sites for hydroxylation is 3. The molecule has 0 saturated heterocycles. The van der Waals surface area contributed by atoms with Crippen molar-refractivity contribution in [3.05, 3.63) is 34.4 Å². The summed E-state index contributed by atoms with van der Waals surface area (Å²) in [5.74, 6) is 0.194. The van der Waals surface area contributed by atoms with Crippen molar-refractivity contribution in [2.45, 2.75) is 46.6 Å². The zero-order valence-electron chi connectivity index (χ0n) is 13.3. The van der Waals surface area contributed by atoms with Gasteiger partial charge in [0, 0.05) is 12.3 Å². The van der Waals surface area contributed by atoms with E-state index in [9.17, 15) is 8.42 Å². The van der Waals surface area contributed by atoms with Crippen molar-refractivity contribution in [3.8, 4) is 0 Å². The van der Waals surface area contributed by atoms with Crippen molar-refractivity contribution in [1.29, 1.82) is 0 Å². The predicted octanol–water partition coefficient (Wildman–Crippen LogP) is 2.57. The summed E-state index contributed by atoms with van der Waals surface area (Å²) in [5.41, 5.74) is 5.02. The monoisotopic (exact) mass is 297 g/mol. The third kappa shape index (κ3) is 5.63. The van der Waals surface area contributed by atoms with Crippen LogP contribution in [-0.2, 0) is 16.3 Å². The van der Waals surface area contributed by atoms with E-state index < -0.39 is 9.84 Å². The maximum atomic E-state index is 11.6. The van der Waals surface area contributed by atoms with E-state index in [1.807, 2.05) is 0 Å². The van der Waals surface area contributed by atoms with E-state index >= 15 is 0 Å². The molecule has 1 rings (SSSR count). The molecule has 1 aromatic rings. The number of rotatable bonds is 7. The Morgan fingerprint density at radius 1 is 1.15 bits per heavy atom. The molecule has 0 aliphatic heterocycles. The highest BCUT2D eigenvalue weighted by molar-refractivity contribution is 7.90. The Balaban J connectivity index is 2.94. The van der Waals surface area contributed by atoms with E-state index in [2.05, 4.69) is 45.1 Å². The average molecular weight is 297 g/mol. The van der Waals surface area contributed by atoms with Gasteiger partial charge in [-0.05, 0) is 56.8 Å². The third-order valence-corrected chi connectivity index (χ3v) is 4.49. The lowest BCUT2D eigenvalue weighted by molar-refractivity contribution is 0.529. The molecule has 1 atom stereocenters. The largest absolute Gasteiger partial charge is 0.313 e. The first-order chi connectivity index (χ1) is 9.23. The van der Waals surface area contributed by atoms with E-state index in [4.69, 9.17) is 0 Å². The Hall–Kier alpha value is -0.870. The molecule has 0 aliphatic rings. The van der Waals surface area contributed by atoms with Crippen LogP contribution in [0.25, 0.3) is 0 Å². The van der Waals surface area contributed by atoms with Gasteiger partial charge in [-0.3, -0.25) is 0 Å². The molecule has 114 valence electrons. The first kappa shape index (κ1) is 17.2. The minimum atomic E-state index is -2.97. The lowest BCUT2D eigenvalue weighted by Gasteiger charge is -2.20. The molecule has 0 aromatic heterocycles. The average Bonchev–Trinajstić information content (AvgIpc) is 2.28. The Labute approximate surface area is 123 Å². The van der Waals surface area contributed by atoms with Crippen LogP contribution in [0.3, 0.4) is 0 Å². The highest BCUT2D eigenvalue weighted by atomic mass is 32.2. The van der Waals surface area contributed by atoms with Crippen LogP contribution in [0.5, 0.6) is 0 Å². The number of benzene rings is 1. The minimum Gasteiger partial charge on any atom is -0.313 e. The number of sulfone groups is 1. The van der Waals surface area contributed by atoms with Crippen LogP contribution in [0.1, 0.15) is 35.6 Å². The van der Waals surface area contributed by atoms with Crippen molar-refractivity contribution in [2.24, 2.45) is 0 Å². The first-order valence-corrected chi connectivity index (χ1v) is 9.26. The van der Waals surface area contributed by atoms with Gasteiger partial charge in [0.15, 0.2) is 0 Å². The van der Waals surface area contributed by atoms with Crippen LogP contribution in [0.2, 0.25) is 0 Å². The predicted molar refractivity (Wildman–Crippen MR) is 86.1 cm³/mol. The summed E-state index contributed by atoms with van der Waals surface area (Å²) in [5, 5.41) is 3.36. The maximum Gasteiger partial charge on any atom is 0.148 e. The Morgan fingerprint density at radius 2 is 1.70 bits per heavy atom. The Bertz CT molecular complexity index is 527. The van der Waals surface area contributed by atoms with Gasteiger partial charge in [-0.25, -0.2) is 8.42 Å². The van der Waals surface area contributed by atoms with Crippen LogP contribution in [0.15, 0.2) is 12.1 Å². The van der Waals surface area contributed by atoms with Gasteiger partial charge in [0.25, 0.3) is 0 Å². The molecule has 20 heavy (non-hydrogen) atoms. The SMILES string of the molecule is CCCNC(Cc1c(C)cc(C)cc1C)CS(C)(=O)=O. The number of hydrogen-bond acceptors (Lipinski definition) is 3. The van der Waals surface area contributed by atoms with Gasteiger partial charge < -0.3 is 5.32 Å².